The molecule has 1 atom stereocenters. The molecule has 2 N–H and O–H groups in total. The van der Waals surface area contributed by atoms with Gasteiger partial charge in [0.05, 0.1) is 7.11 Å². The van der Waals surface area contributed by atoms with Gasteiger partial charge in [-0.25, -0.2) is 0 Å². The number of methoxy groups -OCH3 is 1. The lowest BCUT2D eigenvalue weighted by molar-refractivity contribution is 0.106. The Bertz CT molecular complexity index is 357. The molecule has 0 bridgehead atoms. The number of benzene rings is 1. The van der Waals surface area contributed by atoms with E-state index in [9.17, 15) is 5.11 Å². The summed E-state index contributed by atoms with van der Waals surface area (Å²) in [6.07, 6.45) is 3.97. The lowest BCUT2D eigenvalue weighted by Crippen LogP contribution is -2.32. The first-order valence-electron chi connectivity index (χ1n) is 7.21. The second-order valence-corrected chi connectivity index (χ2v) is 4.76. The van der Waals surface area contributed by atoms with Crippen LogP contribution in [0.1, 0.15) is 25.7 Å². The summed E-state index contributed by atoms with van der Waals surface area (Å²) in [5, 5.41) is 13.0. The van der Waals surface area contributed by atoms with E-state index in [-0.39, 0.29) is 6.61 Å². The zero-order valence-corrected chi connectivity index (χ0v) is 12.3. The average Bonchev–Trinajstić information content (AvgIpc) is 2.49. The highest BCUT2D eigenvalue weighted by atomic mass is 16.5. The molecule has 0 spiro atoms. The van der Waals surface area contributed by atoms with Crippen molar-refractivity contribution in [3.8, 4) is 11.5 Å². The molecule has 0 amide bonds. The maximum Gasteiger partial charge on any atom is 0.123 e. The van der Waals surface area contributed by atoms with Crippen LogP contribution in [0.25, 0.3) is 0 Å². The van der Waals surface area contributed by atoms with Gasteiger partial charge in [-0.05, 0) is 25.1 Å². The van der Waals surface area contributed by atoms with Gasteiger partial charge >= 0.3 is 0 Å². The Morgan fingerprint density at radius 1 is 1.25 bits per heavy atom. The van der Waals surface area contributed by atoms with Crippen molar-refractivity contribution in [2.45, 2.75) is 31.8 Å². The van der Waals surface area contributed by atoms with Gasteiger partial charge < -0.3 is 19.9 Å². The summed E-state index contributed by atoms with van der Waals surface area (Å²) in [5.74, 6) is 1.46. The summed E-state index contributed by atoms with van der Waals surface area (Å²) in [7, 11) is 1.62. The topological polar surface area (TPSA) is 50.7 Å². The summed E-state index contributed by atoms with van der Waals surface area (Å²) in [6, 6.07) is 7.37. The van der Waals surface area contributed by atoms with Crippen molar-refractivity contribution in [2.75, 3.05) is 26.8 Å². The summed E-state index contributed by atoms with van der Waals surface area (Å²) < 4.78 is 10.6. The molecule has 0 saturated heterocycles. The van der Waals surface area contributed by atoms with Crippen molar-refractivity contribution >= 4 is 0 Å². The van der Waals surface area contributed by atoms with Crippen LogP contribution in [0.3, 0.4) is 0 Å². The van der Waals surface area contributed by atoms with E-state index in [1.807, 2.05) is 18.2 Å². The molecule has 1 unspecified atom stereocenters. The van der Waals surface area contributed by atoms with Gasteiger partial charge in [0.15, 0.2) is 0 Å². The molecule has 0 saturated carbocycles. The van der Waals surface area contributed by atoms with Crippen molar-refractivity contribution in [3.63, 3.8) is 0 Å². The summed E-state index contributed by atoms with van der Waals surface area (Å²) >= 11 is 0. The quantitative estimate of drug-likeness (QED) is 0.611. The third kappa shape index (κ3) is 7.36. The Balaban J connectivity index is 2.11. The molecule has 0 aliphatic carbocycles. The number of rotatable bonds is 11. The molecule has 4 nitrogen and oxygen atoms in total. The molecule has 4 heteroatoms. The summed E-state index contributed by atoms with van der Waals surface area (Å²) in [6.45, 7) is 5.56. The van der Waals surface area contributed by atoms with Gasteiger partial charge in [-0.1, -0.05) is 32.3 Å². The molecule has 0 aromatic heterocycles. The van der Waals surface area contributed by atoms with Crippen LogP contribution in [-0.2, 0) is 0 Å². The molecule has 1 aromatic rings. The molecule has 1 aromatic carbocycles. The van der Waals surface area contributed by atoms with Crippen LogP contribution in [0.5, 0.6) is 11.5 Å². The molecular weight excluding hydrogens is 254 g/mol. The molecule has 0 fully saturated rings. The van der Waals surface area contributed by atoms with Crippen molar-refractivity contribution in [1.29, 1.82) is 0 Å². The zero-order chi connectivity index (χ0) is 14.6. The standard InChI is InChI=1S/C16H26NO3/c1-3-4-5-6-10-17-12-14(18)13-20-16-9-7-8-15(11-16)19-2/h7-9,11,14,17-18H,1,3-6,10,12-13H2,2H3. The largest absolute Gasteiger partial charge is 0.497 e. The molecule has 0 heterocycles. The first-order chi connectivity index (χ1) is 9.76. The average molecular weight is 280 g/mol. The second-order valence-electron chi connectivity index (χ2n) is 4.76. The van der Waals surface area contributed by atoms with Gasteiger partial charge in [-0.15, -0.1) is 0 Å². The fraction of sp³-hybridized carbons (Fsp3) is 0.562. The van der Waals surface area contributed by atoms with Gasteiger partial charge in [-0.3, -0.25) is 0 Å². The zero-order valence-electron chi connectivity index (χ0n) is 12.3. The Morgan fingerprint density at radius 2 is 2.05 bits per heavy atom. The van der Waals surface area contributed by atoms with Crippen LogP contribution in [0.15, 0.2) is 24.3 Å². The van der Waals surface area contributed by atoms with E-state index in [1.165, 1.54) is 12.8 Å². The lowest BCUT2D eigenvalue weighted by Gasteiger charge is -2.13. The SMILES string of the molecule is [CH2]CCCCCNCC(O)COc1cccc(OC)c1. The van der Waals surface area contributed by atoms with E-state index < -0.39 is 6.10 Å². The highest BCUT2D eigenvalue weighted by Gasteiger charge is 2.05. The predicted octanol–water partition coefficient (Wildman–Crippen LogP) is 2.42. The number of unbranched alkanes of at least 4 members (excludes halogenated alkanes) is 3. The van der Waals surface area contributed by atoms with Gasteiger partial charge in [0.1, 0.15) is 24.2 Å². The molecule has 20 heavy (non-hydrogen) atoms. The maximum absolute atomic E-state index is 9.81. The number of hydrogen-bond donors (Lipinski definition) is 2. The minimum atomic E-state index is -0.506. The highest BCUT2D eigenvalue weighted by Crippen LogP contribution is 2.18. The second kappa shape index (κ2) is 10.5. The Hall–Kier alpha value is -1.26. The monoisotopic (exact) mass is 280 g/mol. The van der Waals surface area contributed by atoms with E-state index in [0.717, 1.165) is 25.1 Å². The predicted molar refractivity (Wildman–Crippen MR) is 81.2 cm³/mol. The highest BCUT2D eigenvalue weighted by molar-refractivity contribution is 5.32. The van der Waals surface area contributed by atoms with E-state index in [1.54, 1.807) is 13.2 Å². The molecule has 0 aliphatic heterocycles. The van der Waals surface area contributed by atoms with Crippen molar-refractivity contribution in [3.05, 3.63) is 31.2 Å². The summed E-state index contributed by atoms with van der Waals surface area (Å²) in [5.41, 5.74) is 0. The molecule has 1 rings (SSSR count). The van der Waals surface area contributed by atoms with Gasteiger partial charge in [0, 0.05) is 12.6 Å². The van der Waals surface area contributed by atoms with E-state index >= 15 is 0 Å². The minimum Gasteiger partial charge on any atom is -0.497 e. The van der Waals surface area contributed by atoms with Crippen LogP contribution < -0.4 is 14.8 Å². The minimum absolute atomic E-state index is 0.277. The van der Waals surface area contributed by atoms with E-state index in [2.05, 4.69) is 12.2 Å². The lowest BCUT2D eigenvalue weighted by atomic mass is 10.2. The van der Waals surface area contributed by atoms with E-state index in [4.69, 9.17) is 9.47 Å². The molecule has 0 aliphatic rings. The first-order valence-corrected chi connectivity index (χ1v) is 7.21. The van der Waals surface area contributed by atoms with Crippen molar-refractivity contribution in [1.82, 2.24) is 5.32 Å². The number of hydrogen-bond acceptors (Lipinski definition) is 4. The summed E-state index contributed by atoms with van der Waals surface area (Å²) in [4.78, 5) is 0. The van der Waals surface area contributed by atoms with Crippen molar-refractivity contribution in [2.24, 2.45) is 0 Å². The fourth-order valence-electron chi connectivity index (χ4n) is 1.81. The van der Waals surface area contributed by atoms with Crippen LogP contribution >= 0.6 is 0 Å². The van der Waals surface area contributed by atoms with E-state index in [0.29, 0.717) is 12.3 Å². The Kier molecular flexibility index (Phi) is 8.83. The smallest absolute Gasteiger partial charge is 0.123 e. The number of nitrogens with one attached hydrogen (secondary N) is 1. The van der Waals surface area contributed by atoms with Crippen LogP contribution in [0, 0.1) is 6.92 Å². The van der Waals surface area contributed by atoms with Crippen molar-refractivity contribution < 1.29 is 14.6 Å². The number of aliphatic hydroxyl groups is 1. The van der Waals surface area contributed by atoms with Crippen LogP contribution in [-0.4, -0.2) is 38.0 Å². The first kappa shape index (κ1) is 16.8. The third-order valence-corrected chi connectivity index (χ3v) is 2.97. The molecule has 113 valence electrons. The van der Waals surface area contributed by atoms with Gasteiger partial charge in [0.2, 0.25) is 0 Å². The Labute approximate surface area is 122 Å². The van der Waals surface area contributed by atoms with Crippen LogP contribution in [0.2, 0.25) is 0 Å². The fourth-order valence-corrected chi connectivity index (χ4v) is 1.81. The van der Waals surface area contributed by atoms with Crippen LogP contribution in [0.4, 0.5) is 0 Å². The third-order valence-electron chi connectivity index (χ3n) is 2.97. The number of aliphatic hydroxyl groups excluding tert-OH is 1. The normalized spacial score (nSPS) is 12.2. The number of ether oxygens (including phenoxy) is 2. The maximum atomic E-state index is 9.81. The van der Waals surface area contributed by atoms with Gasteiger partial charge in [0.25, 0.3) is 0 Å². The molecular formula is C16H26NO3. The Morgan fingerprint density at radius 3 is 2.80 bits per heavy atom. The molecule has 1 radical (unpaired) electrons. The van der Waals surface area contributed by atoms with Gasteiger partial charge in [-0.2, -0.15) is 0 Å².